The van der Waals surface area contributed by atoms with Crippen LogP contribution in [0.2, 0.25) is 0 Å². The summed E-state index contributed by atoms with van der Waals surface area (Å²) in [4.78, 5) is 25.2. The van der Waals surface area contributed by atoms with Crippen LogP contribution in [-0.2, 0) is 16.6 Å². The molecule has 36 heavy (non-hydrogen) atoms. The number of fused-ring (bicyclic) bond motifs is 1. The first-order chi connectivity index (χ1) is 17.4. The van der Waals surface area contributed by atoms with E-state index in [0.717, 1.165) is 5.39 Å². The number of aromatic nitrogens is 2. The molecule has 1 aliphatic heterocycles. The number of benzene rings is 2. The number of carbonyl (C=O) groups excluding carboxylic acids is 1. The first-order valence-electron chi connectivity index (χ1n) is 11.5. The third-order valence-electron chi connectivity index (χ3n) is 6.14. The van der Waals surface area contributed by atoms with E-state index in [1.807, 2.05) is 0 Å². The van der Waals surface area contributed by atoms with Crippen molar-refractivity contribution in [3.8, 4) is 0 Å². The molecule has 1 amide bonds. The fourth-order valence-corrected chi connectivity index (χ4v) is 5.46. The normalized spacial score (nSPS) is 14.6. The number of hydrogen-bond donors (Lipinski definition) is 1. The zero-order valence-corrected chi connectivity index (χ0v) is 20.2. The molecule has 0 atom stereocenters. The van der Waals surface area contributed by atoms with Crippen molar-refractivity contribution >= 4 is 32.5 Å². The molecule has 0 aliphatic carbocycles. The quantitative estimate of drug-likeness (QED) is 0.431. The van der Waals surface area contributed by atoms with Gasteiger partial charge in [-0.3, -0.25) is 24.4 Å². The lowest BCUT2D eigenvalue weighted by Crippen LogP contribution is -2.48. The van der Waals surface area contributed by atoms with Crippen molar-refractivity contribution in [2.75, 3.05) is 30.9 Å². The highest BCUT2D eigenvalue weighted by molar-refractivity contribution is 7.93. The number of piperazine rings is 1. The van der Waals surface area contributed by atoms with E-state index in [1.54, 1.807) is 71.9 Å². The molecule has 2 aromatic carbocycles. The molecule has 1 aliphatic rings. The van der Waals surface area contributed by atoms with Gasteiger partial charge < -0.3 is 4.90 Å². The minimum absolute atomic E-state index is 0.0872. The SMILES string of the molecule is O=C(c1ccc(NS(=O)(=O)c2cccc3cccnc23)cc1)N1CCN(Cc2ncccc2F)CC1. The minimum atomic E-state index is -3.87. The number of pyridine rings is 2. The Labute approximate surface area is 208 Å². The number of anilines is 1. The molecule has 1 N–H and O–H groups in total. The van der Waals surface area contributed by atoms with Gasteiger partial charge in [0, 0.05) is 61.8 Å². The van der Waals surface area contributed by atoms with Crippen LogP contribution in [0.5, 0.6) is 0 Å². The highest BCUT2D eigenvalue weighted by Crippen LogP contribution is 2.24. The lowest BCUT2D eigenvalue weighted by molar-refractivity contribution is 0.0625. The van der Waals surface area contributed by atoms with Crippen LogP contribution < -0.4 is 4.72 Å². The number of carbonyl (C=O) groups is 1. The molecule has 2 aromatic heterocycles. The summed E-state index contributed by atoms with van der Waals surface area (Å²) in [5, 5.41) is 0.728. The van der Waals surface area contributed by atoms with E-state index in [4.69, 9.17) is 0 Å². The molecule has 3 heterocycles. The second-order valence-corrected chi connectivity index (χ2v) is 10.2. The summed E-state index contributed by atoms with van der Waals surface area (Å²) in [7, 11) is -3.87. The summed E-state index contributed by atoms with van der Waals surface area (Å²) < 4.78 is 42.5. The molecular weight excluding hydrogens is 481 g/mol. The molecule has 0 radical (unpaired) electrons. The Morgan fingerprint density at radius 1 is 0.889 bits per heavy atom. The molecule has 8 nitrogen and oxygen atoms in total. The minimum Gasteiger partial charge on any atom is -0.336 e. The van der Waals surface area contributed by atoms with Gasteiger partial charge in [-0.2, -0.15) is 0 Å². The van der Waals surface area contributed by atoms with Crippen molar-refractivity contribution in [1.82, 2.24) is 19.8 Å². The van der Waals surface area contributed by atoms with Crippen LogP contribution in [-0.4, -0.2) is 60.3 Å². The van der Waals surface area contributed by atoms with Gasteiger partial charge in [-0.1, -0.05) is 18.2 Å². The Morgan fingerprint density at radius 2 is 1.58 bits per heavy atom. The Balaban J connectivity index is 1.22. The largest absolute Gasteiger partial charge is 0.336 e. The maximum Gasteiger partial charge on any atom is 0.264 e. The Morgan fingerprint density at radius 3 is 2.33 bits per heavy atom. The Bertz CT molecular complexity index is 1500. The fraction of sp³-hybridized carbons (Fsp3) is 0.192. The molecule has 0 spiro atoms. The van der Waals surface area contributed by atoms with Gasteiger partial charge >= 0.3 is 0 Å². The number of halogens is 1. The maximum atomic E-state index is 13.9. The van der Waals surface area contributed by atoms with E-state index >= 15 is 0 Å². The van der Waals surface area contributed by atoms with Gasteiger partial charge in [-0.05, 0) is 48.5 Å². The van der Waals surface area contributed by atoms with Crippen molar-refractivity contribution in [2.45, 2.75) is 11.4 Å². The zero-order chi connectivity index (χ0) is 25.1. The van der Waals surface area contributed by atoms with Gasteiger partial charge in [0.05, 0.1) is 11.2 Å². The second-order valence-electron chi connectivity index (χ2n) is 8.51. The molecule has 0 saturated carbocycles. The molecule has 4 aromatic rings. The van der Waals surface area contributed by atoms with E-state index in [0.29, 0.717) is 55.2 Å². The van der Waals surface area contributed by atoms with E-state index < -0.39 is 10.0 Å². The van der Waals surface area contributed by atoms with Crippen molar-refractivity contribution in [3.63, 3.8) is 0 Å². The summed E-state index contributed by atoms with van der Waals surface area (Å²) in [6.45, 7) is 2.64. The number of para-hydroxylation sites is 1. The molecule has 1 saturated heterocycles. The Kier molecular flexibility index (Phi) is 6.62. The van der Waals surface area contributed by atoms with Crippen LogP contribution in [0.1, 0.15) is 16.1 Å². The van der Waals surface area contributed by atoms with Crippen molar-refractivity contribution in [1.29, 1.82) is 0 Å². The highest BCUT2D eigenvalue weighted by Gasteiger charge is 2.23. The van der Waals surface area contributed by atoms with Crippen LogP contribution in [0.3, 0.4) is 0 Å². The predicted molar refractivity (Wildman–Crippen MR) is 134 cm³/mol. The highest BCUT2D eigenvalue weighted by atomic mass is 32.2. The number of sulfonamides is 1. The standard InChI is InChI=1S/C26H24FN5O3S/c27-22-6-3-12-28-23(22)18-31-14-16-32(17-15-31)26(33)20-8-10-21(11-9-20)30-36(34,35)24-7-1-4-19-5-2-13-29-25(19)24/h1-13,30H,14-18H2. The van der Waals surface area contributed by atoms with Crippen molar-refractivity contribution < 1.29 is 17.6 Å². The van der Waals surface area contributed by atoms with E-state index in [9.17, 15) is 17.6 Å². The van der Waals surface area contributed by atoms with Crippen molar-refractivity contribution in [2.24, 2.45) is 0 Å². The topological polar surface area (TPSA) is 95.5 Å². The van der Waals surface area contributed by atoms with Gasteiger partial charge in [-0.15, -0.1) is 0 Å². The van der Waals surface area contributed by atoms with Crippen molar-refractivity contribution in [3.05, 3.63) is 96.2 Å². The molecule has 184 valence electrons. The van der Waals surface area contributed by atoms with Gasteiger partial charge in [0.2, 0.25) is 0 Å². The predicted octanol–water partition coefficient (Wildman–Crippen LogP) is 3.53. The third kappa shape index (κ3) is 5.05. The molecular formula is C26H24FN5O3S. The number of nitrogens with one attached hydrogen (secondary N) is 1. The van der Waals surface area contributed by atoms with Crippen LogP contribution in [0, 0.1) is 5.82 Å². The maximum absolute atomic E-state index is 13.9. The summed E-state index contributed by atoms with van der Waals surface area (Å²) in [6.07, 6.45) is 3.12. The van der Waals surface area contributed by atoms with Gasteiger partial charge in [-0.25, -0.2) is 12.8 Å². The van der Waals surface area contributed by atoms with Crippen LogP contribution in [0.15, 0.2) is 84.0 Å². The molecule has 0 unspecified atom stereocenters. The van der Waals surface area contributed by atoms with E-state index in [-0.39, 0.29) is 16.6 Å². The smallest absolute Gasteiger partial charge is 0.264 e. The molecule has 5 rings (SSSR count). The summed E-state index contributed by atoms with van der Waals surface area (Å²) in [5.41, 5.74) is 1.61. The van der Waals surface area contributed by atoms with Gasteiger partial charge in [0.15, 0.2) is 0 Å². The number of nitrogens with zero attached hydrogens (tertiary/aromatic N) is 4. The number of amides is 1. The van der Waals surface area contributed by atoms with Crippen LogP contribution >= 0.6 is 0 Å². The lowest BCUT2D eigenvalue weighted by Gasteiger charge is -2.34. The summed E-state index contributed by atoms with van der Waals surface area (Å²) in [5.74, 6) is -0.463. The van der Waals surface area contributed by atoms with Gasteiger partial charge in [0.1, 0.15) is 10.7 Å². The average molecular weight is 506 g/mol. The third-order valence-corrected chi connectivity index (χ3v) is 7.55. The van der Waals surface area contributed by atoms with Gasteiger partial charge in [0.25, 0.3) is 15.9 Å². The number of rotatable bonds is 6. The molecule has 1 fully saturated rings. The zero-order valence-electron chi connectivity index (χ0n) is 19.3. The van der Waals surface area contributed by atoms with Crippen LogP contribution in [0.4, 0.5) is 10.1 Å². The summed E-state index contributed by atoms with van der Waals surface area (Å²) >= 11 is 0. The first-order valence-corrected chi connectivity index (χ1v) is 13.0. The molecule has 10 heteroatoms. The number of hydrogen-bond acceptors (Lipinski definition) is 6. The van der Waals surface area contributed by atoms with Crippen LogP contribution in [0.25, 0.3) is 10.9 Å². The second kappa shape index (κ2) is 10.00. The fourth-order valence-electron chi connectivity index (χ4n) is 4.22. The average Bonchev–Trinajstić information content (AvgIpc) is 2.90. The monoisotopic (exact) mass is 505 g/mol. The Hall–Kier alpha value is -3.89. The first kappa shape index (κ1) is 23.8. The molecule has 0 bridgehead atoms. The van der Waals surface area contributed by atoms with E-state index in [2.05, 4.69) is 19.6 Å². The lowest BCUT2D eigenvalue weighted by atomic mass is 10.1. The van der Waals surface area contributed by atoms with E-state index in [1.165, 1.54) is 12.1 Å². The summed E-state index contributed by atoms with van der Waals surface area (Å²) in [6, 6.07) is 17.9.